The van der Waals surface area contributed by atoms with Crippen molar-refractivity contribution < 1.29 is 44.0 Å². The molecule has 1 aliphatic carbocycles. The molecule has 0 aromatic carbocycles. The quantitative estimate of drug-likeness (QED) is 0.475. The number of nitrogens with zero attached hydrogens (tertiary/aromatic N) is 1. The number of hydrogen-bond acceptors (Lipinski definition) is 6. The van der Waals surface area contributed by atoms with Crippen molar-refractivity contribution in [2.75, 3.05) is 19.7 Å². The van der Waals surface area contributed by atoms with Gasteiger partial charge in [-0.2, -0.15) is 0 Å². The van der Waals surface area contributed by atoms with Crippen LogP contribution in [0.25, 0.3) is 0 Å². The molecule has 0 saturated heterocycles. The molecule has 0 aromatic rings. The molecule has 0 spiro atoms. The van der Waals surface area contributed by atoms with Gasteiger partial charge in [0.2, 0.25) is 0 Å². The number of rotatable bonds is 8. The first kappa shape index (κ1) is 19.4. The normalized spacial score (nSPS) is 25.2. The topological polar surface area (TPSA) is 159 Å². The fourth-order valence-electron chi connectivity index (χ4n) is 2.86. The number of amides is 1. The summed E-state index contributed by atoms with van der Waals surface area (Å²) in [5, 5.41) is 27.1. The fraction of sp³-hybridized carbons (Fsp3) is 0.643. The number of carbonyl (C=O) groups excluding carboxylic acids is 2. The van der Waals surface area contributed by atoms with Gasteiger partial charge in [-0.3, -0.25) is 24.0 Å². The van der Waals surface area contributed by atoms with E-state index in [2.05, 4.69) is 0 Å². The second-order valence-electron chi connectivity index (χ2n) is 5.29. The first-order chi connectivity index (χ1) is 11.2. The molecule has 24 heavy (non-hydrogen) atoms. The molecule has 1 fully saturated rings. The molecule has 10 heteroatoms. The number of ether oxygens (including phenoxy) is 1. The first-order valence-corrected chi connectivity index (χ1v) is 7.30. The second kappa shape index (κ2) is 7.75. The first-order valence-electron chi connectivity index (χ1n) is 7.30. The summed E-state index contributed by atoms with van der Waals surface area (Å²) in [4.78, 5) is 58.6. The molecule has 0 heterocycles. The zero-order chi connectivity index (χ0) is 18.6. The van der Waals surface area contributed by atoms with Crippen molar-refractivity contribution in [1.29, 1.82) is 0 Å². The van der Waals surface area contributed by atoms with Crippen LogP contribution in [0.15, 0.2) is 0 Å². The molecular weight excluding hydrogens is 326 g/mol. The van der Waals surface area contributed by atoms with Crippen LogP contribution in [0.4, 0.5) is 0 Å². The summed E-state index contributed by atoms with van der Waals surface area (Å²) in [6.07, 6.45) is 0. The molecule has 1 aliphatic rings. The number of esters is 1. The van der Waals surface area contributed by atoms with E-state index in [1.807, 2.05) is 0 Å². The third-order valence-electron chi connectivity index (χ3n) is 4.13. The molecule has 1 rings (SSSR count). The van der Waals surface area contributed by atoms with Crippen molar-refractivity contribution in [2.45, 2.75) is 13.8 Å². The number of carbonyl (C=O) groups is 5. The molecule has 10 nitrogen and oxygen atoms in total. The van der Waals surface area contributed by atoms with Gasteiger partial charge >= 0.3 is 23.9 Å². The van der Waals surface area contributed by atoms with E-state index in [-0.39, 0.29) is 0 Å². The van der Waals surface area contributed by atoms with Gasteiger partial charge < -0.3 is 25.0 Å². The third kappa shape index (κ3) is 3.63. The summed E-state index contributed by atoms with van der Waals surface area (Å²) in [6.45, 7) is 3.54. The minimum atomic E-state index is -1.73. The lowest BCUT2D eigenvalue weighted by Crippen LogP contribution is -2.60. The van der Waals surface area contributed by atoms with Crippen molar-refractivity contribution in [3.8, 4) is 0 Å². The van der Waals surface area contributed by atoms with Crippen molar-refractivity contribution in [2.24, 2.45) is 23.7 Å². The smallest absolute Gasteiger partial charge is 0.311 e. The highest BCUT2D eigenvalue weighted by Crippen LogP contribution is 2.47. The van der Waals surface area contributed by atoms with Gasteiger partial charge in [0, 0.05) is 13.1 Å². The van der Waals surface area contributed by atoms with Gasteiger partial charge in [0.25, 0.3) is 5.91 Å². The summed E-state index contributed by atoms with van der Waals surface area (Å²) in [5.41, 5.74) is 0. The van der Waals surface area contributed by atoms with Gasteiger partial charge in [-0.15, -0.1) is 0 Å². The zero-order valence-electron chi connectivity index (χ0n) is 13.2. The van der Waals surface area contributed by atoms with Crippen LogP contribution in [-0.2, 0) is 28.7 Å². The Bertz CT molecular complexity index is 532. The van der Waals surface area contributed by atoms with Crippen LogP contribution >= 0.6 is 0 Å². The highest BCUT2D eigenvalue weighted by Gasteiger charge is 2.64. The van der Waals surface area contributed by atoms with Crippen molar-refractivity contribution in [3.63, 3.8) is 0 Å². The Kier molecular flexibility index (Phi) is 6.27. The number of aliphatic carboxylic acids is 3. The largest absolute Gasteiger partial charge is 0.481 e. The minimum Gasteiger partial charge on any atom is -0.481 e. The average molecular weight is 345 g/mol. The Labute approximate surface area is 137 Å². The maximum Gasteiger partial charge on any atom is 0.311 e. The minimum absolute atomic E-state index is 0.382. The monoisotopic (exact) mass is 345 g/mol. The van der Waals surface area contributed by atoms with Crippen molar-refractivity contribution >= 4 is 29.8 Å². The van der Waals surface area contributed by atoms with Gasteiger partial charge in [0.05, 0.1) is 23.7 Å². The summed E-state index contributed by atoms with van der Waals surface area (Å²) in [7, 11) is 0. The van der Waals surface area contributed by atoms with Gasteiger partial charge in [0.1, 0.15) is 0 Å². The predicted octanol–water partition coefficient (Wildman–Crippen LogP) is -0.870. The summed E-state index contributed by atoms with van der Waals surface area (Å²) >= 11 is 0. The molecule has 0 aromatic heterocycles. The van der Waals surface area contributed by atoms with Crippen LogP contribution < -0.4 is 0 Å². The van der Waals surface area contributed by atoms with Gasteiger partial charge in [-0.1, -0.05) is 0 Å². The van der Waals surface area contributed by atoms with Crippen molar-refractivity contribution in [3.05, 3.63) is 0 Å². The standard InChI is InChI=1S/C14H19NO9/c1-3-15(4-2)6(16)5-24-14(23)10-8(12(19)20)7(11(17)18)9(10)13(21)22/h7-10H,3-5H2,1-2H3,(H,17,18)(H,19,20)(H,21,22). The summed E-state index contributed by atoms with van der Waals surface area (Å²) in [5.74, 6) is -13.3. The van der Waals surface area contributed by atoms with E-state index in [1.54, 1.807) is 13.8 Å². The van der Waals surface area contributed by atoms with Crippen molar-refractivity contribution in [1.82, 2.24) is 4.90 Å². The lowest BCUT2D eigenvalue weighted by Gasteiger charge is -2.43. The van der Waals surface area contributed by atoms with Crippen LogP contribution in [0.5, 0.6) is 0 Å². The number of carboxylic acid groups (broad SMARTS) is 3. The molecule has 0 radical (unpaired) electrons. The van der Waals surface area contributed by atoms with Crippen LogP contribution in [0.2, 0.25) is 0 Å². The molecule has 2 atom stereocenters. The summed E-state index contributed by atoms with van der Waals surface area (Å²) in [6, 6.07) is 0. The van der Waals surface area contributed by atoms with E-state index >= 15 is 0 Å². The van der Waals surface area contributed by atoms with Gasteiger partial charge in [-0.25, -0.2) is 0 Å². The maximum absolute atomic E-state index is 12.0. The van der Waals surface area contributed by atoms with E-state index in [1.165, 1.54) is 4.90 Å². The molecule has 1 amide bonds. The van der Waals surface area contributed by atoms with Crippen LogP contribution in [0.1, 0.15) is 13.8 Å². The Morgan fingerprint density at radius 3 is 1.50 bits per heavy atom. The second-order valence-corrected chi connectivity index (χ2v) is 5.29. The van der Waals surface area contributed by atoms with Gasteiger partial charge in [0.15, 0.2) is 6.61 Å². The highest BCUT2D eigenvalue weighted by atomic mass is 16.5. The van der Waals surface area contributed by atoms with E-state index in [4.69, 9.17) is 20.1 Å². The Balaban J connectivity index is 2.86. The molecule has 0 bridgehead atoms. The number of likely N-dealkylation sites (N-methyl/N-ethyl adjacent to an activating group) is 1. The average Bonchev–Trinajstić information content (AvgIpc) is 2.43. The predicted molar refractivity (Wildman–Crippen MR) is 75.8 cm³/mol. The highest BCUT2D eigenvalue weighted by molar-refractivity contribution is 5.96. The maximum atomic E-state index is 12.0. The molecule has 0 aliphatic heterocycles. The zero-order valence-corrected chi connectivity index (χ0v) is 13.2. The lowest BCUT2D eigenvalue weighted by atomic mass is 9.56. The third-order valence-corrected chi connectivity index (χ3v) is 4.13. The molecular formula is C14H19NO9. The molecule has 1 saturated carbocycles. The van der Waals surface area contributed by atoms with E-state index in [0.29, 0.717) is 13.1 Å². The Morgan fingerprint density at radius 1 is 0.792 bits per heavy atom. The van der Waals surface area contributed by atoms with E-state index in [0.717, 1.165) is 0 Å². The van der Waals surface area contributed by atoms with Gasteiger partial charge in [-0.05, 0) is 13.8 Å². The molecule has 3 N–H and O–H groups in total. The number of hydrogen-bond donors (Lipinski definition) is 3. The fourth-order valence-corrected chi connectivity index (χ4v) is 2.86. The molecule has 2 unspecified atom stereocenters. The summed E-state index contributed by atoms with van der Waals surface area (Å²) < 4.78 is 4.73. The Hall–Kier alpha value is -2.65. The van der Waals surface area contributed by atoms with Crippen LogP contribution in [-0.4, -0.2) is 69.7 Å². The Morgan fingerprint density at radius 2 is 1.17 bits per heavy atom. The van der Waals surface area contributed by atoms with Crippen LogP contribution in [0, 0.1) is 23.7 Å². The SMILES string of the molecule is CCN(CC)C(=O)COC(=O)C1C(C(=O)O)C(C(=O)O)C1C(=O)O. The van der Waals surface area contributed by atoms with E-state index < -0.39 is 60.1 Å². The number of carboxylic acids is 3. The van der Waals surface area contributed by atoms with E-state index in [9.17, 15) is 24.0 Å². The lowest BCUT2D eigenvalue weighted by molar-refractivity contribution is -0.194. The molecule has 134 valence electrons. The van der Waals surface area contributed by atoms with Crippen LogP contribution in [0.3, 0.4) is 0 Å².